The third-order valence-corrected chi connectivity index (χ3v) is 3.05. The predicted molar refractivity (Wildman–Crippen MR) is 82.7 cm³/mol. The minimum Gasteiger partial charge on any atom is -0.316 e. The minimum absolute atomic E-state index is 0.0151. The molecule has 0 aliphatic heterocycles. The van der Waals surface area contributed by atoms with Gasteiger partial charge in [-0.15, -0.1) is 0 Å². The fourth-order valence-corrected chi connectivity index (χ4v) is 1.96. The van der Waals surface area contributed by atoms with E-state index in [1.54, 1.807) is 24.3 Å². The van der Waals surface area contributed by atoms with E-state index in [0.29, 0.717) is 6.54 Å². The van der Waals surface area contributed by atoms with Gasteiger partial charge in [0.25, 0.3) is 0 Å². The summed E-state index contributed by atoms with van der Waals surface area (Å²) >= 11 is 0. The molecule has 4 heteroatoms. The standard InChI is InChI=1S/C16H23N3O/c1-6-19(16(20)12(2)3)13(4)10-15(17-5)14-8-7-9-18-11-14/h7-12H,6H2,1-5H3/b13-10+,17-15?. The molecule has 1 amide bonds. The predicted octanol–water partition coefficient (Wildman–Crippen LogP) is 2.91. The molecule has 4 nitrogen and oxygen atoms in total. The smallest absolute Gasteiger partial charge is 0.229 e. The first kappa shape index (κ1) is 16.1. The van der Waals surface area contributed by atoms with Gasteiger partial charge in [0.1, 0.15) is 0 Å². The van der Waals surface area contributed by atoms with Gasteiger partial charge < -0.3 is 4.90 Å². The van der Waals surface area contributed by atoms with Crippen molar-refractivity contribution in [3.63, 3.8) is 0 Å². The van der Waals surface area contributed by atoms with Gasteiger partial charge in [-0.05, 0) is 32.1 Å². The van der Waals surface area contributed by atoms with E-state index in [-0.39, 0.29) is 11.8 Å². The molecule has 0 saturated carbocycles. The average Bonchev–Trinajstić information content (AvgIpc) is 2.46. The van der Waals surface area contributed by atoms with Crippen LogP contribution in [0.3, 0.4) is 0 Å². The van der Waals surface area contributed by atoms with Crippen LogP contribution in [0.25, 0.3) is 0 Å². The molecule has 0 unspecified atom stereocenters. The molecule has 1 aromatic heterocycles. The molecule has 0 aromatic carbocycles. The van der Waals surface area contributed by atoms with Crippen LogP contribution in [-0.4, -0.2) is 35.1 Å². The van der Waals surface area contributed by atoms with E-state index >= 15 is 0 Å². The molecule has 0 aliphatic carbocycles. The van der Waals surface area contributed by atoms with E-state index in [1.165, 1.54) is 0 Å². The molecule has 0 spiro atoms. The van der Waals surface area contributed by atoms with Crippen molar-refractivity contribution in [1.82, 2.24) is 9.88 Å². The number of nitrogens with zero attached hydrogens (tertiary/aromatic N) is 3. The first-order valence-electron chi connectivity index (χ1n) is 6.88. The van der Waals surface area contributed by atoms with E-state index in [9.17, 15) is 4.79 Å². The highest BCUT2D eigenvalue weighted by molar-refractivity contribution is 6.09. The lowest BCUT2D eigenvalue weighted by atomic mass is 10.1. The van der Waals surface area contributed by atoms with Gasteiger partial charge >= 0.3 is 0 Å². The summed E-state index contributed by atoms with van der Waals surface area (Å²) in [6.07, 6.45) is 5.43. The summed E-state index contributed by atoms with van der Waals surface area (Å²) in [5.74, 6) is 0.113. The van der Waals surface area contributed by atoms with E-state index in [4.69, 9.17) is 0 Å². The molecule has 1 heterocycles. The van der Waals surface area contributed by atoms with Crippen LogP contribution >= 0.6 is 0 Å². The maximum Gasteiger partial charge on any atom is 0.229 e. The third-order valence-electron chi connectivity index (χ3n) is 3.05. The van der Waals surface area contributed by atoms with E-state index < -0.39 is 0 Å². The Kier molecular flexibility index (Phi) is 6.10. The van der Waals surface area contributed by atoms with Crippen LogP contribution < -0.4 is 0 Å². The Morgan fingerprint density at radius 3 is 2.65 bits per heavy atom. The number of aliphatic imine (C=N–C) groups is 1. The lowest BCUT2D eigenvalue weighted by Gasteiger charge is -2.23. The van der Waals surface area contributed by atoms with Crippen LogP contribution in [0.15, 0.2) is 41.3 Å². The Morgan fingerprint density at radius 1 is 1.50 bits per heavy atom. The Labute approximate surface area is 121 Å². The molecule has 108 valence electrons. The number of aromatic nitrogens is 1. The minimum atomic E-state index is -0.0151. The molecular weight excluding hydrogens is 250 g/mol. The fraction of sp³-hybridized carbons (Fsp3) is 0.438. The van der Waals surface area contributed by atoms with E-state index in [1.807, 2.05) is 45.9 Å². The van der Waals surface area contributed by atoms with Crippen molar-refractivity contribution in [1.29, 1.82) is 0 Å². The van der Waals surface area contributed by atoms with Crippen molar-refractivity contribution in [2.75, 3.05) is 13.6 Å². The highest BCUT2D eigenvalue weighted by Gasteiger charge is 2.17. The maximum absolute atomic E-state index is 12.2. The molecule has 1 rings (SSSR count). The van der Waals surface area contributed by atoms with Gasteiger partial charge in [0, 0.05) is 43.2 Å². The molecule has 0 radical (unpaired) electrons. The van der Waals surface area contributed by atoms with Crippen molar-refractivity contribution in [2.24, 2.45) is 10.9 Å². The monoisotopic (exact) mass is 273 g/mol. The van der Waals surface area contributed by atoms with E-state index in [0.717, 1.165) is 17.0 Å². The third kappa shape index (κ3) is 4.02. The zero-order chi connectivity index (χ0) is 15.1. The normalized spacial score (nSPS) is 12.7. The molecule has 0 bridgehead atoms. The van der Waals surface area contributed by atoms with Crippen LogP contribution in [-0.2, 0) is 4.79 Å². The van der Waals surface area contributed by atoms with Gasteiger partial charge in [-0.2, -0.15) is 0 Å². The summed E-state index contributed by atoms with van der Waals surface area (Å²) in [6.45, 7) is 8.39. The zero-order valence-corrected chi connectivity index (χ0v) is 12.9. The second kappa shape index (κ2) is 7.58. The van der Waals surface area contributed by atoms with Gasteiger partial charge in [0.2, 0.25) is 5.91 Å². The number of pyridine rings is 1. The van der Waals surface area contributed by atoms with Crippen molar-refractivity contribution in [3.05, 3.63) is 41.9 Å². The Hall–Kier alpha value is -1.97. The van der Waals surface area contributed by atoms with Gasteiger partial charge in [0.05, 0.1) is 5.71 Å². The van der Waals surface area contributed by atoms with Gasteiger partial charge in [-0.25, -0.2) is 0 Å². The Balaban J connectivity index is 3.04. The van der Waals surface area contributed by atoms with Gasteiger partial charge in [-0.1, -0.05) is 13.8 Å². The van der Waals surface area contributed by atoms with Crippen molar-refractivity contribution < 1.29 is 4.79 Å². The summed E-state index contributed by atoms with van der Waals surface area (Å²) in [5, 5.41) is 0. The maximum atomic E-state index is 12.2. The lowest BCUT2D eigenvalue weighted by Crippen LogP contribution is -2.32. The summed E-state index contributed by atoms with van der Waals surface area (Å²) in [6, 6.07) is 3.83. The number of allylic oxidation sites excluding steroid dienone is 2. The first-order chi connectivity index (χ1) is 9.51. The molecule has 20 heavy (non-hydrogen) atoms. The summed E-state index contributed by atoms with van der Waals surface area (Å²) < 4.78 is 0. The van der Waals surface area contributed by atoms with Crippen molar-refractivity contribution >= 4 is 11.6 Å². The van der Waals surface area contributed by atoms with Crippen LogP contribution in [0, 0.1) is 5.92 Å². The first-order valence-corrected chi connectivity index (χ1v) is 6.88. The number of carbonyl (C=O) groups is 1. The fourth-order valence-electron chi connectivity index (χ4n) is 1.96. The highest BCUT2D eigenvalue weighted by Crippen LogP contribution is 2.11. The summed E-state index contributed by atoms with van der Waals surface area (Å²) in [7, 11) is 1.74. The zero-order valence-electron chi connectivity index (χ0n) is 12.9. The van der Waals surface area contributed by atoms with Gasteiger partial charge in [0.15, 0.2) is 0 Å². The molecular formula is C16H23N3O. The number of carbonyl (C=O) groups excluding carboxylic acids is 1. The van der Waals surface area contributed by atoms with Crippen LogP contribution in [0.4, 0.5) is 0 Å². The van der Waals surface area contributed by atoms with E-state index in [2.05, 4.69) is 9.98 Å². The second-order valence-electron chi connectivity index (χ2n) is 4.87. The quantitative estimate of drug-likeness (QED) is 0.774. The number of amides is 1. The molecule has 0 atom stereocenters. The molecule has 0 N–H and O–H groups in total. The lowest BCUT2D eigenvalue weighted by molar-refractivity contribution is -0.132. The second-order valence-corrected chi connectivity index (χ2v) is 4.87. The SMILES string of the molecule is CCN(C(=O)C(C)C)/C(C)=C/C(=NC)c1cccnc1. The molecule has 0 aliphatic rings. The largest absolute Gasteiger partial charge is 0.316 e. The Bertz CT molecular complexity index is 504. The Morgan fingerprint density at radius 2 is 2.20 bits per heavy atom. The van der Waals surface area contributed by atoms with Crippen LogP contribution in [0.1, 0.15) is 33.3 Å². The number of rotatable bonds is 5. The molecule has 1 aromatic rings. The van der Waals surface area contributed by atoms with Crippen LogP contribution in [0.5, 0.6) is 0 Å². The van der Waals surface area contributed by atoms with Crippen molar-refractivity contribution in [2.45, 2.75) is 27.7 Å². The highest BCUT2D eigenvalue weighted by atomic mass is 16.2. The summed E-state index contributed by atoms with van der Waals surface area (Å²) in [4.78, 5) is 22.3. The van der Waals surface area contributed by atoms with Gasteiger partial charge in [-0.3, -0.25) is 14.8 Å². The number of hydrogen-bond acceptors (Lipinski definition) is 3. The number of hydrogen-bond donors (Lipinski definition) is 0. The van der Waals surface area contributed by atoms with Crippen LogP contribution in [0.2, 0.25) is 0 Å². The summed E-state index contributed by atoms with van der Waals surface area (Å²) in [5.41, 5.74) is 2.67. The molecule has 0 fully saturated rings. The topological polar surface area (TPSA) is 45.6 Å². The average molecular weight is 273 g/mol. The van der Waals surface area contributed by atoms with Crippen molar-refractivity contribution in [3.8, 4) is 0 Å². The molecule has 0 saturated heterocycles.